The monoisotopic (exact) mass is 268 g/mol. The standard InChI is InChI=1S/C16H32N2O/c1-16(2)10-11-17(3)15(9-12-19)13-18(16)14-7-5-4-6-8-14/h14-15,19H,4-13H2,1-3H3. The smallest absolute Gasteiger partial charge is 0.0446 e. The molecule has 2 rings (SSSR count). The average molecular weight is 268 g/mol. The van der Waals surface area contributed by atoms with Gasteiger partial charge in [-0.25, -0.2) is 0 Å². The number of aliphatic hydroxyl groups is 1. The van der Waals surface area contributed by atoms with E-state index in [1.54, 1.807) is 0 Å². The lowest BCUT2D eigenvalue weighted by molar-refractivity contribution is 0.0422. The number of rotatable bonds is 3. The number of likely N-dealkylation sites (N-methyl/N-ethyl adjacent to an activating group) is 1. The normalized spacial score (nSPS) is 31.3. The second-order valence-electron chi connectivity index (χ2n) is 7.15. The van der Waals surface area contributed by atoms with Gasteiger partial charge in [-0.05, 0) is 53.1 Å². The molecular weight excluding hydrogens is 236 g/mol. The Bertz CT molecular complexity index is 274. The lowest BCUT2D eigenvalue weighted by Crippen LogP contribution is -2.52. The minimum atomic E-state index is 0.306. The second kappa shape index (κ2) is 6.55. The van der Waals surface area contributed by atoms with E-state index in [0.717, 1.165) is 25.6 Å². The number of aliphatic hydroxyl groups excluding tert-OH is 1. The van der Waals surface area contributed by atoms with Crippen LogP contribution in [0.2, 0.25) is 0 Å². The van der Waals surface area contributed by atoms with Gasteiger partial charge >= 0.3 is 0 Å². The van der Waals surface area contributed by atoms with Crippen LogP contribution in [0, 0.1) is 0 Å². The van der Waals surface area contributed by atoms with Crippen molar-refractivity contribution < 1.29 is 5.11 Å². The van der Waals surface area contributed by atoms with E-state index < -0.39 is 0 Å². The summed E-state index contributed by atoms with van der Waals surface area (Å²) in [5, 5.41) is 9.31. The Morgan fingerprint density at radius 1 is 1.16 bits per heavy atom. The van der Waals surface area contributed by atoms with Crippen molar-refractivity contribution >= 4 is 0 Å². The summed E-state index contributed by atoms with van der Waals surface area (Å²) in [4.78, 5) is 5.23. The third kappa shape index (κ3) is 3.71. The lowest BCUT2D eigenvalue weighted by atomic mass is 9.88. The van der Waals surface area contributed by atoms with Crippen molar-refractivity contribution in [2.45, 2.75) is 76.4 Å². The van der Waals surface area contributed by atoms with Crippen molar-refractivity contribution in [1.82, 2.24) is 9.80 Å². The molecule has 1 unspecified atom stereocenters. The zero-order valence-electron chi connectivity index (χ0n) is 13.1. The highest BCUT2D eigenvalue weighted by atomic mass is 16.3. The van der Waals surface area contributed by atoms with Crippen molar-refractivity contribution in [3.05, 3.63) is 0 Å². The van der Waals surface area contributed by atoms with E-state index in [9.17, 15) is 5.11 Å². The van der Waals surface area contributed by atoms with Gasteiger partial charge in [-0.3, -0.25) is 4.90 Å². The van der Waals surface area contributed by atoms with E-state index in [0.29, 0.717) is 18.2 Å². The fraction of sp³-hybridized carbons (Fsp3) is 1.00. The third-order valence-electron chi connectivity index (χ3n) is 5.36. The summed E-state index contributed by atoms with van der Waals surface area (Å²) in [6.45, 7) is 7.43. The number of hydrogen-bond donors (Lipinski definition) is 1. The molecule has 3 heteroatoms. The highest BCUT2D eigenvalue weighted by Gasteiger charge is 2.37. The first-order valence-electron chi connectivity index (χ1n) is 8.12. The minimum Gasteiger partial charge on any atom is -0.396 e. The zero-order valence-corrected chi connectivity index (χ0v) is 13.1. The molecule has 1 saturated carbocycles. The van der Waals surface area contributed by atoms with Crippen LogP contribution in [0.25, 0.3) is 0 Å². The van der Waals surface area contributed by atoms with Gasteiger partial charge in [-0.1, -0.05) is 19.3 Å². The highest BCUT2D eigenvalue weighted by Crippen LogP contribution is 2.33. The molecule has 2 fully saturated rings. The molecule has 0 amide bonds. The SMILES string of the molecule is CN1CCC(C)(C)N(C2CCCCC2)CC1CCO. The molecule has 0 aromatic carbocycles. The van der Waals surface area contributed by atoms with Crippen molar-refractivity contribution in [3.63, 3.8) is 0 Å². The highest BCUT2D eigenvalue weighted by molar-refractivity contribution is 4.94. The summed E-state index contributed by atoms with van der Waals surface area (Å²) in [5.74, 6) is 0. The van der Waals surface area contributed by atoms with Gasteiger partial charge in [0, 0.05) is 30.8 Å². The van der Waals surface area contributed by atoms with E-state index in [2.05, 4.69) is 30.7 Å². The largest absolute Gasteiger partial charge is 0.396 e. The van der Waals surface area contributed by atoms with Crippen LogP contribution in [0.15, 0.2) is 0 Å². The van der Waals surface area contributed by atoms with Crippen LogP contribution in [0.4, 0.5) is 0 Å². The van der Waals surface area contributed by atoms with E-state index in [4.69, 9.17) is 0 Å². The number of hydrogen-bond acceptors (Lipinski definition) is 3. The minimum absolute atomic E-state index is 0.306. The summed E-state index contributed by atoms with van der Waals surface area (Å²) in [5.41, 5.74) is 0.306. The Morgan fingerprint density at radius 3 is 2.47 bits per heavy atom. The Kier molecular flexibility index (Phi) is 5.27. The molecule has 3 nitrogen and oxygen atoms in total. The molecule has 19 heavy (non-hydrogen) atoms. The maximum atomic E-state index is 9.31. The topological polar surface area (TPSA) is 26.7 Å². The molecule has 1 N–H and O–H groups in total. The maximum absolute atomic E-state index is 9.31. The number of nitrogens with zero attached hydrogens (tertiary/aromatic N) is 2. The van der Waals surface area contributed by atoms with Crippen LogP contribution in [0.3, 0.4) is 0 Å². The lowest BCUT2D eigenvalue weighted by Gasteiger charge is -2.45. The molecule has 0 radical (unpaired) electrons. The van der Waals surface area contributed by atoms with Gasteiger partial charge in [0.15, 0.2) is 0 Å². The van der Waals surface area contributed by atoms with Gasteiger partial charge in [0.1, 0.15) is 0 Å². The predicted molar refractivity (Wildman–Crippen MR) is 80.4 cm³/mol. The Balaban J connectivity index is 2.10. The molecule has 0 aromatic heterocycles. The predicted octanol–water partition coefficient (Wildman–Crippen LogP) is 2.49. The molecule has 1 aliphatic heterocycles. The van der Waals surface area contributed by atoms with E-state index in [1.165, 1.54) is 38.5 Å². The molecule has 0 bridgehead atoms. The van der Waals surface area contributed by atoms with Gasteiger partial charge in [0.25, 0.3) is 0 Å². The fourth-order valence-electron chi connectivity index (χ4n) is 3.89. The molecule has 112 valence electrons. The molecule has 1 saturated heterocycles. The summed E-state index contributed by atoms with van der Waals surface area (Å²) in [6.07, 6.45) is 9.12. The first-order chi connectivity index (χ1) is 9.04. The van der Waals surface area contributed by atoms with Crippen LogP contribution in [0.5, 0.6) is 0 Å². The van der Waals surface area contributed by atoms with Crippen LogP contribution >= 0.6 is 0 Å². The maximum Gasteiger partial charge on any atom is 0.0446 e. The summed E-state index contributed by atoms with van der Waals surface area (Å²) in [7, 11) is 2.22. The first kappa shape index (κ1) is 15.3. The summed E-state index contributed by atoms with van der Waals surface area (Å²) >= 11 is 0. The van der Waals surface area contributed by atoms with Gasteiger partial charge in [-0.2, -0.15) is 0 Å². The second-order valence-corrected chi connectivity index (χ2v) is 7.15. The Labute approximate surface area is 119 Å². The van der Waals surface area contributed by atoms with E-state index in [-0.39, 0.29) is 0 Å². The van der Waals surface area contributed by atoms with Crippen molar-refractivity contribution in [3.8, 4) is 0 Å². The van der Waals surface area contributed by atoms with Crippen LogP contribution < -0.4 is 0 Å². The van der Waals surface area contributed by atoms with Gasteiger partial charge in [0.05, 0.1) is 0 Å². The van der Waals surface area contributed by atoms with Crippen molar-refractivity contribution in [1.29, 1.82) is 0 Å². The molecule has 0 spiro atoms. The van der Waals surface area contributed by atoms with Crippen molar-refractivity contribution in [2.75, 3.05) is 26.7 Å². The molecular formula is C16H32N2O. The zero-order chi connectivity index (χ0) is 13.9. The summed E-state index contributed by atoms with van der Waals surface area (Å²) in [6, 6.07) is 1.30. The molecule has 1 aliphatic carbocycles. The van der Waals surface area contributed by atoms with Gasteiger partial charge < -0.3 is 10.0 Å². The first-order valence-corrected chi connectivity index (χ1v) is 8.12. The van der Waals surface area contributed by atoms with Crippen LogP contribution in [-0.2, 0) is 0 Å². The third-order valence-corrected chi connectivity index (χ3v) is 5.36. The van der Waals surface area contributed by atoms with E-state index >= 15 is 0 Å². The average Bonchev–Trinajstić information content (AvgIpc) is 2.51. The molecule has 2 aliphatic rings. The Hall–Kier alpha value is -0.120. The van der Waals surface area contributed by atoms with E-state index in [1.807, 2.05) is 0 Å². The van der Waals surface area contributed by atoms with Gasteiger partial charge in [-0.15, -0.1) is 0 Å². The molecule has 1 heterocycles. The van der Waals surface area contributed by atoms with Crippen LogP contribution in [0.1, 0.15) is 58.8 Å². The Morgan fingerprint density at radius 2 is 1.84 bits per heavy atom. The summed E-state index contributed by atoms with van der Waals surface area (Å²) < 4.78 is 0. The van der Waals surface area contributed by atoms with Crippen molar-refractivity contribution in [2.24, 2.45) is 0 Å². The van der Waals surface area contributed by atoms with Gasteiger partial charge in [0.2, 0.25) is 0 Å². The fourth-order valence-corrected chi connectivity index (χ4v) is 3.89. The molecule has 1 atom stereocenters. The van der Waals surface area contributed by atoms with Crippen LogP contribution in [-0.4, -0.2) is 59.3 Å². The molecule has 0 aromatic rings. The quantitative estimate of drug-likeness (QED) is 0.852.